The standard InChI is InChI=1S/C17H27N3O/c1-17(2,3)15(18)12-16(21)19-13-8-4-5-9-14(13)20-10-6-7-11-20/h4-5,8-9,15H,6-7,10-12,18H2,1-3H3,(H,19,21). The summed E-state index contributed by atoms with van der Waals surface area (Å²) in [5.41, 5.74) is 8.04. The molecule has 1 aliphatic rings. The molecule has 1 unspecified atom stereocenters. The van der Waals surface area contributed by atoms with Crippen molar-refractivity contribution in [2.75, 3.05) is 23.3 Å². The first-order valence-corrected chi connectivity index (χ1v) is 7.77. The lowest BCUT2D eigenvalue weighted by atomic mass is 9.85. The lowest BCUT2D eigenvalue weighted by Gasteiger charge is -2.27. The highest BCUT2D eigenvalue weighted by molar-refractivity contribution is 5.94. The molecule has 1 heterocycles. The third-order valence-corrected chi connectivity index (χ3v) is 4.14. The monoisotopic (exact) mass is 289 g/mol. The highest BCUT2D eigenvalue weighted by Gasteiger charge is 2.24. The number of amides is 1. The van der Waals surface area contributed by atoms with Gasteiger partial charge in [-0.1, -0.05) is 32.9 Å². The Morgan fingerprint density at radius 1 is 1.29 bits per heavy atom. The van der Waals surface area contributed by atoms with Gasteiger partial charge in [-0.25, -0.2) is 0 Å². The van der Waals surface area contributed by atoms with E-state index in [1.54, 1.807) is 0 Å². The second-order valence-electron chi connectivity index (χ2n) is 6.94. The number of carbonyl (C=O) groups excluding carboxylic acids is 1. The van der Waals surface area contributed by atoms with Gasteiger partial charge in [0.15, 0.2) is 0 Å². The fourth-order valence-corrected chi connectivity index (χ4v) is 2.52. The van der Waals surface area contributed by atoms with Crippen LogP contribution in [0, 0.1) is 5.41 Å². The second-order valence-corrected chi connectivity index (χ2v) is 6.94. The van der Waals surface area contributed by atoms with Crippen molar-refractivity contribution in [3.8, 4) is 0 Å². The maximum atomic E-state index is 12.2. The van der Waals surface area contributed by atoms with Crippen molar-refractivity contribution in [2.24, 2.45) is 11.1 Å². The van der Waals surface area contributed by atoms with Gasteiger partial charge in [0.2, 0.25) is 5.91 Å². The number of para-hydroxylation sites is 2. The Balaban J connectivity index is 2.04. The highest BCUT2D eigenvalue weighted by atomic mass is 16.1. The molecule has 0 aliphatic carbocycles. The molecule has 0 spiro atoms. The van der Waals surface area contributed by atoms with E-state index in [1.165, 1.54) is 12.8 Å². The maximum absolute atomic E-state index is 12.2. The number of rotatable bonds is 4. The van der Waals surface area contributed by atoms with E-state index in [-0.39, 0.29) is 17.4 Å². The van der Waals surface area contributed by atoms with E-state index in [2.05, 4.69) is 37.1 Å². The summed E-state index contributed by atoms with van der Waals surface area (Å²) in [5.74, 6) is -0.0101. The largest absolute Gasteiger partial charge is 0.370 e. The van der Waals surface area contributed by atoms with Crippen molar-refractivity contribution in [2.45, 2.75) is 46.1 Å². The topological polar surface area (TPSA) is 58.4 Å². The minimum Gasteiger partial charge on any atom is -0.370 e. The van der Waals surface area contributed by atoms with Gasteiger partial charge in [-0.3, -0.25) is 4.79 Å². The minimum atomic E-state index is -0.142. The quantitative estimate of drug-likeness (QED) is 0.896. The van der Waals surface area contributed by atoms with E-state index in [4.69, 9.17) is 5.73 Å². The van der Waals surface area contributed by atoms with Gasteiger partial charge >= 0.3 is 0 Å². The molecule has 21 heavy (non-hydrogen) atoms. The van der Waals surface area contributed by atoms with Gasteiger partial charge < -0.3 is 16.0 Å². The molecule has 0 bridgehead atoms. The van der Waals surface area contributed by atoms with E-state index in [0.717, 1.165) is 24.5 Å². The molecule has 3 N–H and O–H groups in total. The summed E-state index contributed by atoms with van der Waals surface area (Å²) in [7, 11) is 0. The Morgan fingerprint density at radius 3 is 2.52 bits per heavy atom. The van der Waals surface area contributed by atoms with E-state index in [0.29, 0.717) is 6.42 Å². The molecule has 4 heteroatoms. The Morgan fingerprint density at radius 2 is 1.90 bits per heavy atom. The third kappa shape index (κ3) is 4.21. The molecule has 0 saturated carbocycles. The zero-order valence-electron chi connectivity index (χ0n) is 13.4. The molecule has 0 aromatic heterocycles. The molecule has 2 rings (SSSR count). The van der Waals surface area contributed by atoms with Crippen molar-refractivity contribution in [3.63, 3.8) is 0 Å². The molecular formula is C17H27N3O. The summed E-state index contributed by atoms with van der Waals surface area (Å²) in [6.45, 7) is 8.30. The second kappa shape index (κ2) is 6.48. The number of hydrogen-bond acceptors (Lipinski definition) is 3. The first-order chi connectivity index (χ1) is 9.88. The average molecular weight is 289 g/mol. The zero-order valence-corrected chi connectivity index (χ0v) is 13.4. The van der Waals surface area contributed by atoms with Crippen LogP contribution in [0.15, 0.2) is 24.3 Å². The summed E-state index contributed by atoms with van der Waals surface area (Å²) in [4.78, 5) is 14.6. The van der Waals surface area contributed by atoms with Crippen LogP contribution in [-0.2, 0) is 4.79 Å². The average Bonchev–Trinajstić information content (AvgIpc) is 2.91. The normalized spacial score (nSPS) is 16.9. The van der Waals surface area contributed by atoms with Gasteiger partial charge in [-0.15, -0.1) is 0 Å². The van der Waals surface area contributed by atoms with Crippen molar-refractivity contribution in [3.05, 3.63) is 24.3 Å². The van der Waals surface area contributed by atoms with Crippen LogP contribution < -0.4 is 16.0 Å². The number of anilines is 2. The Labute approximate surface area is 127 Å². The molecule has 116 valence electrons. The third-order valence-electron chi connectivity index (χ3n) is 4.14. The maximum Gasteiger partial charge on any atom is 0.226 e. The molecule has 1 saturated heterocycles. The zero-order chi connectivity index (χ0) is 15.5. The van der Waals surface area contributed by atoms with E-state index < -0.39 is 0 Å². The summed E-state index contributed by atoms with van der Waals surface area (Å²) in [5, 5.41) is 3.03. The van der Waals surface area contributed by atoms with Crippen LogP contribution >= 0.6 is 0 Å². The van der Waals surface area contributed by atoms with Crippen molar-refractivity contribution < 1.29 is 4.79 Å². The molecule has 1 aliphatic heterocycles. The number of nitrogens with two attached hydrogens (primary N) is 1. The molecule has 1 aromatic rings. The molecular weight excluding hydrogens is 262 g/mol. The molecule has 4 nitrogen and oxygen atoms in total. The van der Waals surface area contributed by atoms with Gasteiger partial charge in [0.05, 0.1) is 11.4 Å². The number of hydrogen-bond donors (Lipinski definition) is 2. The lowest BCUT2D eigenvalue weighted by molar-refractivity contribution is -0.117. The Bertz CT molecular complexity index is 487. The Hall–Kier alpha value is -1.55. The van der Waals surface area contributed by atoms with Crippen LogP contribution in [0.5, 0.6) is 0 Å². The SMILES string of the molecule is CC(C)(C)C(N)CC(=O)Nc1ccccc1N1CCCC1. The summed E-state index contributed by atoms with van der Waals surface area (Å²) in [6.07, 6.45) is 2.78. The molecule has 1 fully saturated rings. The van der Waals surface area contributed by atoms with Gasteiger partial charge in [0.25, 0.3) is 0 Å². The predicted octanol–water partition coefficient (Wildman–Crippen LogP) is 2.99. The summed E-state index contributed by atoms with van der Waals surface area (Å²) < 4.78 is 0. The highest BCUT2D eigenvalue weighted by Crippen LogP contribution is 2.29. The van der Waals surface area contributed by atoms with E-state index >= 15 is 0 Å². The minimum absolute atomic E-state index is 0.0101. The lowest BCUT2D eigenvalue weighted by Crippen LogP contribution is -2.38. The molecule has 0 radical (unpaired) electrons. The van der Waals surface area contributed by atoms with Crippen LogP contribution in [0.2, 0.25) is 0 Å². The smallest absolute Gasteiger partial charge is 0.226 e. The fraction of sp³-hybridized carbons (Fsp3) is 0.588. The van der Waals surface area contributed by atoms with Gasteiger partial charge in [-0.2, -0.15) is 0 Å². The van der Waals surface area contributed by atoms with E-state index in [9.17, 15) is 4.79 Å². The van der Waals surface area contributed by atoms with Crippen LogP contribution in [0.3, 0.4) is 0 Å². The fourth-order valence-electron chi connectivity index (χ4n) is 2.52. The van der Waals surface area contributed by atoms with Gasteiger partial charge in [-0.05, 0) is 30.4 Å². The van der Waals surface area contributed by atoms with Gasteiger partial charge in [0.1, 0.15) is 0 Å². The predicted molar refractivity (Wildman–Crippen MR) is 88.6 cm³/mol. The summed E-state index contributed by atoms with van der Waals surface area (Å²) >= 11 is 0. The Kier molecular flexibility index (Phi) is 4.88. The van der Waals surface area contributed by atoms with Crippen molar-refractivity contribution in [1.29, 1.82) is 0 Å². The van der Waals surface area contributed by atoms with Crippen molar-refractivity contribution >= 4 is 17.3 Å². The van der Waals surface area contributed by atoms with Gasteiger partial charge in [0, 0.05) is 25.6 Å². The number of nitrogens with one attached hydrogen (secondary N) is 1. The van der Waals surface area contributed by atoms with Crippen LogP contribution in [0.25, 0.3) is 0 Å². The first-order valence-electron chi connectivity index (χ1n) is 7.77. The van der Waals surface area contributed by atoms with Crippen LogP contribution in [0.4, 0.5) is 11.4 Å². The first kappa shape index (κ1) is 15.8. The number of benzene rings is 1. The van der Waals surface area contributed by atoms with Crippen LogP contribution in [0.1, 0.15) is 40.0 Å². The van der Waals surface area contributed by atoms with E-state index in [1.807, 2.05) is 18.2 Å². The molecule has 1 atom stereocenters. The molecule has 1 amide bonds. The number of nitrogens with zero attached hydrogens (tertiary/aromatic N) is 1. The van der Waals surface area contributed by atoms with Crippen LogP contribution in [-0.4, -0.2) is 25.0 Å². The number of carbonyl (C=O) groups is 1. The molecule has 1 aromatic carbocycles. The van der Waals surface area contributed by atoms with Crippen molar-refractivity contribution in [1.82, 2.24) is 0 Å². The summed E-state index contributed by atoms with van der Waals surface area (Å²) in [6, 6.07) is 7.87.